The minimum Gasteiger partial charge on any atom is -0.364 e. The van der Waals surface area contributed by atoms with E-state index >= 15 is 0 Å². The summed E-state index contributed by atoms with van der Waals surface area (Å²) in [4.78, 5) is 0. The highest BCUT2D eigenvalue weighted by Gasteiger charge is 2.10. The van der Waals surface area contributed by atoms with Gasteiger partial charge in [-0.3, -0.25) is 0 Å². The Labute approximate surface area is 102 Å². The number of sulfonamides is 1. The third-order valence-electron chi connectivity index (χ3n) is 2.16. The van der Waals surface area contributed by atoms with Crippen molar-refractivity contribution < 1.29 is 12.9 Å². The van der Waals surface area contributed by atoms with Crippen LogP contribution in [-0.4, -0.2) is 32.4 Å². The molecule has 0 atom stereocenters. The molecule has 1 aromatic rings. The van der Waals surface area contributed by atoms with Gasteiger partial charge in [0.25, 0.3) is 0 Å². The quantitative estimate of drug-likeness (QED) is 0.632. The molecule has 0 aliphatic rings. The highest BCUT2D eigenvalue weighted by molar-refractivity contribution is 7.89. The topological polar surface area (TPSA) is 84.2 Å². The van der Waals surface area contributed by atoms with Crippen molar-refractivity contribution in [3.8, 4) is 0 Å². The van der Waals surface area contributed by atoms with Crippen molar-refractivity contribution in [2.75, 3.05) is 18.8 Å². The molecule has 1 heterocycles. The maximum Gasteiger partial charge on any atom is 0.212 e. The van der Waals surface area contributed by atoms with E-state index in [0.29, 0.717) is 12.1 Å². The highest BCUT2D eigenvalue weighted by Crippen LogP contribution is 1.96. The van der Waals surface area contributed by atoms with Gasteiger partial charge in [-0.1, -0.05) is 12.1 Å². The summed E-state index contributed by atoms with van der Waals surface area (Å²) in [5.74, 6) is 0.127. The number of nitrogens with one attached hydrogen (secondary N) is 2. The van der Waals surface area contributed by atoms with E-state index in [1.165, 1.54) is 6.26 Å². The minimum atomic E-state index is -3.22. The summed E-state index contributed by atoms with van der Waals surface area (Å²) in [6, 6.07) is 1.63. The van der Waals surface area contributed by atoms with Crippen molar-refractivity contribution in [2.45, 2.75) is 26.3 Å². The fraction of sp³-hybridized carbons (Fsp3) is 0.700. The van der Waals surface area contributed by atoms with Crippen molar-refractivity contribution in [1.29, 1.82) is 0 Å². The summed E-state index contributed by atoms with van der Waals surface area (Å²) >= 11 is 0. The molecule has 0 aliphatic carbocycles. The van der Waals surface area contributed by atoms with E-state index in [-0.39, 0.29) is 12.3 Å². The lowest BCUT2D eigenvalue weighted by molar-refractivity contribution is 0.411. The average molecular weight is 261 g/mol. The smallest absolute Gasteiger partial charge is 0.212 e. The van der Waals surface area contributed by atoms with E-state index in [0.717, 1.165) is 19.5 Å². The van der Waals surface area contributed by atoms with Crippen LogP contribution in [0, 0.1) is 0 Å². The van der Waals surface area contributed by atoms with Crippen LogP contribution in [0.25, 0.3) is 0 Å². The molecule has 7 heteroatoms. The van der Waals surface area contributed by atoms with Crippen LogP contribution in [0.3, 0.4) is 0 Å². The van der Waals surface area contributed by atoms with E-state index in [2.05, 4.69) is 26.6 Å². The summed E-state index contributed by atoms with van der Waals surface area (Å²) in [5.41, 5.74) is 0.581. The molecule has 1 aromatic heterocycles. The Morgan fingerprint density at radius 2 is 2.24 bits per heavy atom. The molecule has 0 fully saturated rings. The summed E-state index contributed by atoms with van der Waals surface area (Å²) < 4.78 is 30.2. The minimum absolute atomic E-state index is 0.127. The normalized spacial score (nSPS) is 11.8. The average Bonchev–Trinajstić information content (AvgIpc) is 2.79. The lowest BCUT2D eigenvalue weighted by atomic mass is 10.4. The van der Waals surface area contributed by atoms with Gasteiger partial charge in [-0.15, -0.1) is 0 Å². The maximum absolute atomic E-state index is 11.6. The van der Waals surface area contributed by atoms with Gasteiger partial charge in [0, 0.05) is 6.07 Å². The lowest BCUT2D eigenvalue weighted by Crippen LogP contribution is -2.28. The Balaban J connectivity index is 2.17. The van der Waals surface area contributed by atoms with Gasteiger partial charge in [0.1, 0.15) is 6.26 Å². The Morgan fingerprint density at radius 3 is 2.88 bits per heavy atom. The highest BCUT2D eigenvalue weighted by atomic mass is 32.2. The largest absolute Gasteiger partial charge is 0.364 e. The predicted octanol–water partition coefficient (Wildman–Crippen LogP) is 0.484. The van der Waals surface area contributed by atoms with Gasteiger partial charge >= 0.3 is 0 Å². The molecule has 0 radical (unpaired) electrons. The molecular weight excluding hydrogens is 242 g/mol. The molecule has 0 aromatic carbocycles. The maximum atomic E-state index is 11.6. The van der Waals surface area contributed by atoms with Gasteiger partial charge in [0.15, 0.2) is 0 Å². The van der Waals surface area contributed by atoms with Gasteiger partial charge in [-0.05, 0) is 25.9 Å². The number of hydrogen-bond donors (Lipinski definition) is 2. The van der Waals surface area contributed by atoms with Gasteiger partial charge in [0.2, 0.25) is 10.0 Å². The van der Waals surface area contributed by atoms with Crippen LogP contribution in [0.15, 0.2) is 16.9 Å². The first kappa shape index (κ1) is 14.1. The molecule has 0 unspecified atom stereocenters. The van der Waals surface area contributed by atoms with E-state index in [9.17, 15) is 8.42 Å². The Morgan fingerprint density at radius 1 is 1.41 bits per heavy atom. The number of hydrogen-bond acceptors (Lipinski definition) is 5. The Bertz CT molecular complexity index is 389. The van der Waals surface area contributed by atoms with Crippen molar-refractivity contribution in [3.63, 3.8) is 0 Å². The van der Waals surface area contributed by atoms with Crippen LogP contribution >= 0.6 is 0 Å². The number of rotatable bonds is 9. The van der Waals surface area contributed by atoms with Crippen LogP contribution in [0.4, 0.5) is 0 Å². The van der Waals surface area contributed by atoms with Crippen molar-refractivity contribution in [3.05, 3.63) is 18.0 Å². The summed E-state index contributed by atoms with van der Waals surface area (Å²) in [6.45, 7) is 3.90. The lowest BCUT2D eigenvalue weighted by Gasteiger charge is -2.05. The van der Waals surface area contributed by atoms with Crippen molar-refractivity contribution in [2.24, 2.45) is 0 Å². The summed E-state index contributed by atoms with van der Waals surface area (Å²) in [7, 11) is -3.22. The van der Waals surface area contributed by atoms with E-state index in [1.54, 1.807) is 6.07 Å². The van der Waals surface area contributed by atoms with Crippen molar-refractivity contribution >= 4 is 10.0 Å². The molecule has 0 saturated heterocycles. The zero-order valence-corrected chi connectivity index (χ0v) is 10.8. The SMILES string of the molecule is CCCNCCCS(=O)(=O)NCc1ccon1. The van der Waals surface area contributed by atoms with Gasteiger partial charge in [0.05, 0.1) is 18.0 Å². The molecular formula is C10H19N3O3S. The van der Waals surface area contributed by atoms with Gasteiger partial charge < -0.3 is 9.84 Å². The molecule has 2 N–H and O–H groups in total. The standard InChI is InChI=1S/C10H19N3O3S/c1-2-5-11-6-3-8-17(14,15)12-9-10-4-7-16-13-10/h4,7,11-12H,2-3,5-6,8-9H2,1H3. The third-order valence-corrected chi connectivity index (χ3v) is 3.57. The molecule has 1 rings (SSSR count). The fourth-order valence-corrected chi connectivity index (χ4v) is 2.31. The number of aromatic nitrogens is 1. The summed E-state index contributed by atoms with van der Waals surface area (Å²) in [5, 5.41) is 6.78. The molecule has 98 valence electrons. The molecule has 0 aliphatic heterocycles. The fourth-order valence-electron chi connectivity index (χ4n) is 1.27. The second-order valence-electron chi connectivity index (χ2n) is 3.73. The van der Waals surface area contributed by atoms with Crippen LogP contribution in [-0.2, 0) is 16.6 Å². The second kappa shape index (κ2) is 7.41. The van der Waals surface area contributed by atoms with E-state index < -0.39 is 10.0 Å². The monoisotopic (exact) mass is 261 g/mol. The summed E-state index contributed by atoms with van der Waals surface area (Å²) in [6.07, 6.45) is 3.07. The molecule has 17 heavy (non-hydrogen) atoms. The zero-order chi connectivity index (χ0) is 12.6. The first-order chi connectivity index (χ1) is 8.14. The van der Waals surface area contributed by atoms with Crippen LogP contribution in [0.5, 0.6) is 0 Å². The van der Waals surface area contributed by atoms with Crippen molar-refractivity contribution in [1.82, 2.24) is 15.2 Å². The van der Waals surface area contributed by atoms with Gasteiger partial charge in [-0.25, -0.2) is 13.1 Å². The first-order valence-corrected chi connectivity index (χ1v) is 7.36. The molecule has 0 spiro atoms. The first-order valence-electron chi connectivity index (χ1n) is 5.71. The predicted molar refractivity (Wildman–Crippen MR) is 64.9 cm³/mol. The molecule has 0 saturated carbocycles. The molecule has 0 amide bonds. The van der Waals surface area contributed by atoms with Crippen LogP contribution in [0.1, 0.15) is 25.5 Å². The van der Waals surface area contributed by atoms with Gasteiger partial charge in [-0.2, -0.15) is 0 Å². The molecule has 6 nitrogen and oxygen atoms in total. The third kappa shape index (κ3) is 6.40. The van der Waals surface area contributed by atoms with Crippen LogP contribution < -0.4 is 10.0 Å². The Hall–Kier alpha value is -0.920. The van der Waals surface area contributed by atoms with Crippen LogP contribution in [0.2, 0.25) is 0 Å². The second-order valence-corrected chi connectivity index (χ2v) is 5.66. The van der Waals surface area contributed by atoms with E-state index in [1.807, 2.05) is 0 Å². The van der Waals surface area contributed by atoms with E-state index in [4.69, 9.17) is 0 Å². The molecule has 0 bridgehead atoms. The number of nitrogens with zero attached hydrogens (tertiary/aromatic N) is 1. The zero-order valence-electron chi connectivity index (χ0n) is 9.98. The Kier molecular flexibility index (Phi) is 6.17.